The maximum atomic E-state index is 13.2. The smallest absolute Gasteiger partial charge is 0.303 e. The second-order valence-electron chi connectivity index (χ2n) is 7.14. The number of nitrogens with zero attached hydrogens (tertiary/aromatic N) is 3. The van der Waals surface area contributed by atoms with Crippen LogP contribution in [-0.4, -0.2) is 44.8 Å². The molecule has 1 aliphatic rings. The first-order valence-corrected chi connectivity index (χ1v) is 9.15. The molecule has 6 nitrogen and oxygen atoms in total. The molecule has 144 valence electrons. The number of likely N-dealkylation sites (tertiary alicyclic amines) is 1. The Morgan fingerprint density at radius 3 is 2.41 bits per heavy atom. The lowest BCUT2D eigenvalue weighted by Crippen LogP contribution is -2.39. The van der Waals surface area contributed by atoms with Crippen LogP contribution in [0.4, 0.5) is 4.39 Å². The van der Waals surface area contributed by atoms with E-state index in [1.807, 2.05) is 18.7 Å². The van der Waals surface area contributed by atoms with E-state index in [1.54, 1.807) is 16.8 Å². The summed E-state index contributed by atoms with van der Waals surface area (Å²) in [5.74, 6) is -0.897. The number of carboxylic acid groups (broad SMARTS) is 1. The van der Waals surface area contributed by atoms with E-state index in [4.69, 9.17) is 5.11 Å². The van der Waals surface area contributed by atoms with E-state index in [2.05, 4.69) is 5.10 Å². The Kier molecular flexibility index (Phi) is 5.58. The molecule has 0 saturated carbocycles. The van der Waals surface area contributed by atoms with Crippen molar-refractivity contribution in [1.82, 2.24) is 14.7 Å². The van der Waals surface area contributed by atoms with Crippen LogP contribution in [0, 0.1) is 25.6 Å². The predicted molar refractivity (Wildman–Crippen MR) is 98.3 cm³/mol. The SMILES string of the molecule is Cc1nn(-c2ccc(F)cc2)c(C)c1CC(=O)N1CCC(CC(=O)O)CC1. The Labute approximate surface area is 157 Å². The number of carbonyl (C=O) groups is 2. The number of carbonyl (C=O) groups excluding carboxylic acids is 1. The molecule has 0 spiro atoms. The fourth-order valence-electron chi connectivity index (χ4n) is 3.66. The van der Waals surface area contributed by atoms with E-state index in [9.17, 15) is 14.0 Å². The van der Waals surface area contributed by atoms with Gasteiger partial charge in [0, 0.05) is 30.8 Å². The van der Waals surface area contributed by atoms with Crippen LogP contribution in [0.15, 0.2) is 24.3 Å². The highest BCUT2D eigenvalue weighted by Crippen LogP contribution is 2.23. The van der Waals surface area contributed by atoms with Crippen molar-refractivity contribution in [3.8, 4) is 5.69 Å². The monoisotopic (exact) mass is 373 g/mol. The summed E-state index contributed by atoms with van der Waals surface area (Å²) in [4.78, 5) is 25.4. The zero-order valence-electron chi connectivity index (χ0n) is 15.6. The van der Waals surface area contributed by atoms with Gasteiger partial charge in [0.1, 0.15) is 5.82 Å². The highest BCUT2D eigenvalue weighted by Gasteiger charge is 2.25. The summed E-state index contributed by atoms with van der Waals surface area (Å²) in [5.41, 5.74) is 3.29. The van der Waals surface area contributed by atoms with Crippen LogP contribution in [0.3, 0.4) is 0 Å². The molecule has 0 aliphatic carbocycles. The number of rotatable bonds is 5. The molecular formula is C20H24FN3O3. The molecule has 2 aromatic rings. The highest BCUT2D eigenvalue weighted by molar-refractivity contribution is 5.79. The van der Waals surface area contributed by atoms with Crippen molar-refractivity contribution in [1.29, 1.82) is 0 Å². The fraction of sp³-hybridized carbons (Fsp3) is 0.450. The summed E-state index contributed by atoms with van der Waals surface area (Å²) in [5, 5.41) is 13.4. The van der Waals surface area contributed by atoms with Crippen molar-refractivity contribution in [2.24, 2.45) is 5.92 Å². The molecule has 0 bridgehead atoms. The van der Waals surface area contributed by atoms with Crippen LogP contribution < -0.4 is 0 Å². The lowest BCUT2D eigenvalue weighted by atomic mass is 9.93. The minimum absolute atomic E-state index is 0.0358. The number of amides is 1. The van der Waals surface area contributed by atoms with Gasteiger partial charge in [0.15, 0.2) is 0 Å². The van der Waals surface area contributed by atoms with Crippen LogP contribution in [0.5, 0.6) is 0 Å². The third-order valence-electron chi connectivity index (χ3n) is 5.27. The second-order valence-corrected chi connectivity index (χ2v) is 7.14. The molecule has 1 amide bonds. The largest absolute Gasteiger partial charge is 0.481 e. The van der Waals surface area contributed by atoms with Crippen LogP contribution >= 0.6 is 0 Å². The van der Waals surface area contributed by atoms with Gasteiger partial charge in [0.05, 0.1) is 17.8 Å². The zero-order chi connectivity index (χ0) is 19.6. The Morgan fingerprint density at radius 2 is 1.81 bits per heavy atom. The molecule has 1 aromatic carbocycles. The van der Waals surface area contributed by atoms with Crippen molar-refractivity contribution in [3.05, 3.63) is 47.0 Å². The standard InChI is InChI=1S/C20H24FN3O3/c1-13-18(14(2)24(22-13)17-5-3-16(21)4-6-17)12-19(25)23-9-7-15(8-10-23)11-20(26)27/h3-6,15H,7-12H2,1-2H3,(H,26,27). The summed E-state index contributed by atoms with van der Waals surface area (Å²) in [7, 11) is 0. The molecule has 3 rings (SSSR count). The van der Waals surface area contributed by atoms with Gasteiger partial charge >= 0.3 is 5.97 Å². The van der Waals surface area contributed by atoms with Gasteiger partial charge in [0.25, 0.3) is 0 Å². The molecule has 1 N–H and O–H groups in total. The average Bonchev–Trinajstić information content (AvgIpc) is 2.90. The molecule has 1 aliphatic heterocycles. The molecular weight excluding hydrogens is 349 g/mol. The second kappa shape index (κ2) is 7.90. The van der Waals surface area contributed by atoms with Gasteiger partial charge in [-0.3, -0.25) is 9.59 Å². The zero-order valence-corrected chi connectivity index (χ0v) is 15.6. The number of aliphatic carboxylic acids is 1. The summed E-state index contributed by atoms with van der Waals surface area (Å²) < 4.78 is 14.9. The summed E-state index contributed by atoms with van der Waals surface area (Å²) in [6.07, 6.45) is 1.89. The van der Waals surface area contributed by atoms with Gasteiger partial charge in [0.2, 0.25) is 5.91 Å². The normalized spacial score (nSPS) is 15.1. The summed E-state index contributed by atoms with van der Waals surface area (Å²) in [6, 6.07) is 6.09. The number of benzene rings is 1. The molecule has 27 heavy (non-hydrogen) atoms. The molecule has 0 radical (unpaired) electrons. The third-order valence-corrected chi connectivity index (χ3v) is 5.27. The first-order valence-electron chi connectivity index (χ1n) is 9.15. The Bertz CT molecular complexity index is 837. The maximum absolute atomic E-state index is 13.2. The van der Waals surface area contributed by atoms with E-state index in [0.717, 1.165) is 35.5 Å². The van der Waals surface area contributed by atoms with Gasteiger partial charge < -0.3 is 10.0 Å². The van der Waals surface area contributed by atoms with Gasteiger partial charge in [-0.1, -0.05) is 0 Å². The number of hydrogen-bond donors (Lipinski definition) is 1. The van der Waals surface area contributed by atoms with E-state index in [1.165, 1.54) is 12.1 Å². The first kappa shape index (κ1) is 19.1. The van der Waals surface area contributed by atoms with Crippen LogP contribution in [0.25, 0.3) is 5.69 Å². The van der Waals surface area contributed by atoms with E-state index >= 15 is 0 Å². The van der Waals surface area contributed by atoms with Gasteiger partial charge in [-0.2, -0.15) is 5.10 Å². The predicted octanol–water partition coefficient (Wildman–Crippen LogP) is 2.88. The van der Waals surface area contributed by atoms with Crippen molar-refractivity contribution in [2.45, 2.75) is 39.5 Å². The molecule has 1 aromatic heterocycles. The van der Waals surface area contributed by atoms with Crippen molar-refractivity contribution in [2.75, 3.05) is 13.1 Å². The molecule has 0 atom stereocenters. The number of aromatic nitrogens is 2. The first-order chi connectivity index (χ1) is 12.8. The Morgan fingerprint density at radius 1 is 1.19 bits per heavy atom. The number of halogens is 1. The van der Waals surface area contributed by atoms with Crippen molar-refractivity contribution >= 4 is 11.9 Å². The van der Waals surface area contributed by atoms with Crippen LogP contribution in [-0.2, 0) is 16.0 Å². The molecule has 7 heteroatoms. The summed E-state index contributed by atoms with van der Waals surface area (Å²) >= 11 is 0. The van der Waals surface area contributed by atoms with Gasteiger partial charge in [-0.25, -0.2) is 9.07 Å². The third kappa shape index (κ3) is 4.35. The molecule has 1 saturated heterocycles. The molecule has 0 unspecified atom stereocenters. The van der Waals surface area contributed by atoms with Crippen molar-refractivity contribution in [3.63, 3.8) is 0 Å². The van der Waals surface area contributed by atoms with Crippen molar-refractivity contribution < 1.29 is 19.1 Å². The lowest BCUT2D eigenvalue weighted by molar-refractivity contribution is -0.138. The van der Waals surface area contributed by atoms with E-state index in [0.29, 0.717) is 13.1 Å². The summed E-state index contributed by atoms with van der Waals surface area (Å²) in [6.45, 7) is 4.97. The van der Waals surface area contributed by atoms with Crippen LogP contribution in [0.1, 0.15) is 36.2 Å². The Hall–Kier alpha value is -2.70. The molecule has 2 heterocycles. The highest BCUT2D eigenvalue weighted by atomic mass is 19.1. The minimum Gasteiger partial charge on any atom is -0.481 e. The van der Waals surface area contributed by atoms with Gasteiger partial charge in [-0.15, -0.1) is 0 Å². The quantitative estimate of drug-likeness (QED) is 0.874. The lowest BCUT2D eigenvalue weighted by Gasteiger charge is -2.31. The minimum atomic E-state index is -0.778. The maximum Gasteiger partial charge on any atom is 0.303 e. The van der Waals surface area contributed by atoms with E-state index in [-0.39, 0.29) is 30.5 Å². The van der Waals surface area contributed by atoms with E-state index < -0.39 is 5.97 Å². The van der Waals surface area contributed by atoms with Crippen LogP contribution in [0.2, 0.25) is 0 Å². The van der Waals surface area contributed by atoms with Gasteiger partial charge in [-0.05, 0) is 56.9 Å². The number of aryl methyl sites for hydroxylation is 1. The average molecular weight is 373 g/mol. The number of carboxylic acids is 1. The Balaban J connectivity index is 1.68. The number of hydrogen-bond acceptors (Lipinski definition) is 3. The topological polar surface area (TPSA) is 75.4 Å². The number of piperidine rings is 1. The fourth-order valence-corrected chi connectivity index (χ4v) is 3.66. The molecule has 1 fully saturated rings.